The van der Waals surface area contributed by atoms with Crippen molar-refractivity contribution in [2.24, 2.45) is 5.92 Å². The molecule has 28 heavy (non-hydrogen) atoms. The summed E-state index contributed by atoms with van der Waals surface area (Å²) in [5.74, 6) is 1.51. The maximum Gasteiger partial charge on any atom is 0.162 e. The van der Waals surface area contributed by atoms with Crippen molar-refractivity contribution < 1.29 is 9.84 Å². The zero-order chi connectivity index (χ0) is 19.9. The van der Waals surface area contributed by atoms with Gasteiger partial charge in [0.1, 0.15) is 0 Å². The molecule has 0 radical (unpaired) electrons. The lowest BCUT2D eigenvalue weighted by Gasteiger charge is -2.34. The van der Waals surface area contributed by atoms with Crippen molar-refractivity contribution >= 4 is 11.6 Å². The van der Waals surface area contributed by atoms with Crippen LogP contribution in [-0.4, -0.2) is 55.2 Å². The highest BCUT2D eigenvalue weighted by Crippen LogP contribution is 2.30. The van der Waals surface area contributed by atoms with Crippen molar-refractivity contribution in [2.75, 3.05) is 40.3 Å². The third-order valence-electron chi connectivity index (χ3n) is 5.65. The van der Waals surface area contributed by atoms with Gasteiger partial charge in [-0.05, 0) is 69.1 Å². The number of hydrogen-bond donors (Lipinski definition) is 1. The van der Waals surface area contributed by atoms with E-state index in [9.17, 15) is 5.11 Å². The van der Waals surface area contributed by atoms with Crippen LogP contribution in [0.4, 0.5) is 0 Å². The van der Waals surface area contributed by atoms with E-state index in [2.05, 4.69) is 29.0 Å². The Balaban J connectivity index is 1.40. The van der Waals surface area contributed by atoms with E-state index < -0.39 is 0 Å². The number of halogens is 1. The molecule has 152 valence electrons. The number of nitrogens with zero attached hydrogens (tertiary/aromatic N) is 2. The number of piperidine rings is 1. The van der Waals surface area contributed by atoms with Gasteiger partial charge in [0.05, 0.1) is 7.11 Å². The Hall–Kier alpha value is -1.75. The van der Waals surface area contributed by atoms with E-state index in [0.717, 1.165) is 49.7 Å². The maximum atomic E-state index is 10.3. The van der Waals surface area contributed by atoms with Gasteiger partial charge in [0.2, 0.25) is 0 Å². The molecular weight excluding hydrogens is 372 g/mol. The average Bonchev–Trinajstić information content (AvgIpc) is 2.70. The summed E-state index contributed by atoms with van der Waals surface area (Å²) in [6.07, 6.45) is 3.54. The highest BCUT2D eigenvalue weighted by Gasteiger charge is 2.21. The zero-order valence-electron chi connectivity index (χ0n) is 16.9. The predicted octanol–water partition coefficient (Wildman–Crippen LogP) is 4.44. The summed E-state index contributed by atoms with van der Waals surface area (Å²) < 4.78 is 5.21. The Kier molecular flexibility index (Phi) is 7.60. The molecular formula is C23H31ClN2O2. The van der Waals surface area contributed by atoms with E-state index in [1.54, 1.807) is 13.2 Å². The molecule has 0 bridgehead atoms. The maximum absolute atomic E-state index is 10.3. The average molecular weight is 403 g/mol. The minimum Gasteiger partial charge on any atom is -0.504 e. The van der Waals surface area contributed by atoms with Crippen molar-refractivity contribution in [1.29, 1.82) is 0 Å². The topological polar surface area (TPSA) is 35.9 Å². The molecule has 5 heteroatoms. The second-order valence-corrected chi connectivity index (χ2v) is 8.26. The van der Waals surface area contributed by atoms with Crippen LogP contribution in [-0.2, 0) is 13.0 Å². The van der Waals surface area contributed by atoms with Gasteiger partial charge < -0.3 is 19.6 Å². The molecule has 2 aromatic carbocycles. The first-order valence-electron chi connectivity index (χ1n) is 10.1. The lowest BCUT2D eigenvalue weighted by atomic mass is 9.95. The zero-order valence-corrected chi connectivity index (χ0v) is 17.7. The number of aromatic hydroxyl groups is 1. The first-order valence-corrected chi connectivity index (χ1v) is 10.4. The number of ether oxygens (including phenoxy) is 1. The van der Waals surface area contributed by atoms with E-state index in [0.29, 0.717) is 11.7 Å². The molecule has 0 aromatic heterocycles. The van der Waals surface area contributed by atoms with E-state index in [-0.39, 0.29) is 5.75 Å². The molecule has 1 saturated heterocycles. The van der Waals surface area contributed by atoms with Crippen LogP contribution in [0.15, 0.2) is 42.5 Å². The molecule has 1 aliphatic rings. The third-order valence-corrected chi connectivity index (χ3v) is 5.90. The van der Waals surface area contributed by atoms with Gasteiger partial charge in [-0.1, -0.05) is 35.9 Å². The van der Waals surface area contributed by atoms with Gasteiger partial charge in [-0.15, -0.1) is 0 Å². The molecule has 0 unspecified atom stereocenters. The number of phenols is 1. The van der Waals surface area contributed by atoms with Crippen LogP contribution >= 0.6 is 11.6 Å². The normalized spacial score (nSPS) is 15.9. The minimum atomic E-state index is 0.258. The van der Waals surface area contributed by atoms with Crippen molar-refractivity contribution in [2.45, 2.75) is 25.8 Å². The number of para-hydroxylation sites is 1. The third kappa shape index (κ3) is 5.87. The molecule has 0 atom stereocenters. The molecule has 1 N–H and O–H groups in total. The lowest BCUT2D eigenvalue weighted by molar-refractivity contribution is 0.153. The highest BCUT2D eigenvalue weighted by molar-refractivity contribution is 6.30. The smallest absolute Gasteiger partial charge is 0.162 e. The van der Waals surface area contributed by atoms with E-state index in [1.807, 2.05) is 24.3 Å². The second-order valence-electron chi connectivity index (χ2n) is 7.83. The van der Waals surface area contributed by atoms with Gasteiger partial charge in [0.25, 0.3) is 0 Å². The Morgan fingerprint density at radius 1 is 1.14 bits per heavy atom. The fourth-order valence-electron chi connectivity index (χ4n) is 3.99. The van der Waals surface area contributed by atoms with Crippen molar-refractivity contribution in [3.63, 3.8) is 0 Å². The van der Waals surface area contributed by atoms with Gasteiger partial charge in [-0.25, -0.2) is 0 Å². The standard InChI is InChI=1S/C23H31ClN2O2/c1-25(17-20-4-3-5-22(28-2)23(20)27)16-19-11-14-26(15-12-19)13-10-18-6-8-21(24)9-7-18/h3-9,19,27H,10-17H2,1-2H3. The van der Waals surface area contributed by atoms with Crippen molar-refractivity contribution in [1.82, 2.24) is 9.80 Å². The quantitative estimate of drug-likeness (QED) is 0.708. The first-order chi connectivity index (χ1) is 13.5. The number of likely N-dealkylation sites (tertiary alicyclic amines) is 1. The molecule has 1 fully saturated rings. The minimum absolute atomic E-state index is 0.258. The van der Waals surface area contributed by atoms with Crippen molar-refractivity contribution in [3.8, 4) is 11.5 Å². The summed E-state index contributed by atoms with van der Waals surface area (Å²) in [6, 6.07) is 13.9. The Labute approximate surface area is 173 Å². The first kappa shape index (κ1) is 21.0. The number of hydrogen-bond acceptors (Lipinski definition) is 4. The second kappa shape index (κ2) is 10.1. The fourth-order valence-corrected chi connectivity index (χ4v) is 4.11. The Morgan fingerprint density at radius 2 is 1.86 bits per heavy atom. The summed E-state index contributed by atoms with van der Waals surface area (Å²) in [6.45, 7) is 5.23. The number of phenolic OH excluding ortho intramolecular Hbond substituents is 1. The largest absolute Gasteiger partial charge is 0.504 e. The van der Waals surface area contributed by atoms with Crippen LogP contribution in [0.25, 0.3) is 0 Å². The molecule has 0 saturated carbocycles. The lowest BCUT2D eigenvalue weighted by Crippen LogP contribution is -2.38. The SMILES string of the molecule is COc1cccc(CN(C)CC2CCN(CCc3ccc(Cl)cc3)CC2)c1O. The van der Waals surface area contributed by atoms with Crippen LogP contribution in [0.2, 0.25) is 5.02 Å². The molecule has 0 spiro atoms. The Morgan fingerprint density at radius 3 is 2.54 bits per heavy atom. The monoisotopic (exact) mass is 402 g/mol. The summed E-state index contributed by atoms with van der Waals surface area (Å²) in [4.78, 5) is 4.88. The van der Waals surface area contributed by atoms with Gasteiger partial charge in [-0.2, -0.15) is 0 Å². The molecule has 0 amide bonds. The predicted molar refractivity (Wildman–Crippen MR) is 115 cm³/mol. The fraction of sp³-hybridized carbons (Fsp3) is 0.478. The van der Waals surface area contributed by atoms with Gasteiger partial charge >= 0.3 is 0 Å². The van der Waals surface area contributed by atoms with Crippen molar-refractivity contribution in [3.05, 3.63) is 58.6 Å². The van der Waals surface area contributed by atoms with Gasteiger partial charge in [0.15, 0.2) is 11.5 Å². The number of benzene rings is 2. The molecule has 3 rings (SSSR count). The van der Waals surface area contributed by atoms with E-state index in [4.69, 9.17) is 16.3 Å². The van der Waals surface area contributed by atoms with E-state index >= 15 is 0 Å². The van der Waals surface area contributed by atoms with Gasteiger partial charge in [-0.3, -0.25) is 0 Å². The van der Waals surface area contributed by atoms with E-state index in [1.165, 1.54) is 18.4 Å². The molecule has 0 aliphatic carbocycles. The number of methoxy groups -OCH3 is 1. The summed E-state index contributed by atoms with van der Waals surface area (Å²) >= 11 is 5.96. The van der Waals surface area contributed by atoms with Gasteiger partial charge in [0, 0.05) is 30.2 Å². The van der Waals surface area contributed by atoms with Crippen LogP contribution in [0.5, 0.6) is 11.5 Å². The summed E-state index contributed by atoms with van der Waals surface area (Å²) in [5.41, 5.74) is 2.27. The molecule has 2 aromatic rings. The Bertz CT molecular complexity index is 743. The number of rotatable bonds is 8. The molecule has 4 nitrogen and oxygen atoms in total. The van der Waals surface area contributed by atoms with Crippen LogP contribution < -0.4 is 4.74 Å². The molecule has 1 aliphatic heterocycles. The molecule has 1 heterocycles. The summed E-state index contributed by atoms with van der Waals surface area (Å²) in [5, 5.41) is 11.1. The van der Waals surface area contributed by atoms with Crippen LogP contribution in [0.3, 0.4) is 0 Å². The summed E-state index contributed by atoms with van der Waals surface area (Å²) in [7, 11) is 3.72. The van der Waals surface area contributed by atoms with Crippen LogP contribution in [0.1, 0.15) is 24.0 Å². The highest BCUT2D eigenvalue weighted by atomic mass is 35.5. The van der Waals surface area contributed by atoms with Crippen LogP contribution in [0, 0.1) is 5.92 Å².